The Kier molecular flexibility index (Phi) is 3.48. The largest absolute Gasteiger partial charge is 0.366 e. The maximum atomic E-state index is 13.2. The van der Waals surface area contributed by atoms with E-state index in [0.29, 0.717) is 35.2 Å². The van der Waals surface area contributed by atoms with Gasteiger partial charge in [-0.2, -0.15) is 0 Å². The van der Waals surface area contributed by atoms with E-state index in [0.717, 1.165) is 63.2 Å². The molecule has 0 aromatic rings. The molecule has 0 amide bonds. The molecular formula is C24H34O3. The fraction of sp³-hybridized carbons (Fsp3) is 0.917. The van der Waals surface area contributed by atoms with Crippen molar-refractivity contribution in [3.63, 3.8) is 0 Å². The van der Waals surface area contributed by atoms with E-state index in [2.05, 4.69) is 13.8 Å². The van der Waals surface area contributed by atoms with E-state index in [1.165, 1.54) is 12.8 Å². The summed E-state index contributed by atoms with van der Waals surface area (Å²) in [4.78, 5) is 26.4. The fourth-order valence-corrected chi connectivity index (χ4v) is 9.32. The minimum atomic E-state index is -0.282. The molecule has 0 aliphatic heterocycles. The second-order valence-corrected chi connectivity index (χ2v) is 11.0. The average Bonchev–Trinajstić information content (AvgIpc) is 2.68. The SMILES string of the molecule is CCC1(OC2(CC)C3CC4CC(C3)C(=O)C2C4)C2CC3CC(C2)C(=O)C1C3. The normalized spacial score (nSPS) is 57.7. The van der Waals surface area contributed by atoms with Crippen LogP contribution in [-0.4, -0.2) is 22.8 Å². The Hall–Kier alpha value is -0.700. The second-order valence-electron chi connectivity index (χ2n) is 11.0. The quantitative estimate of drug-likeness (QED) is 0.728. The predicted octanol–water partition coefficient (Wildman–Crippen LogP) is 4.57. The van der Waals surface area contributed by atoms with Crippen LogP contribution < -0.4 is 0 Å². The van der Waals surface area contributed by atoms with Crippen LogP contribution >= 0.6 is 0 Å². The van der Waals surface area contributed by atoms with E-state index in [9.17, 15) is 9.59 Å². The van der Waals surface area contributed by atoms with E-state index in [1.54, 1.807) is 0 Å². The molecule has 3 heteroatoms. The highest BCUT2D eigenvalue weighted by Gasteiger charge is 2.68. The van der Waals surface area contributed by atoms with Crippen molar-refractivity contribution in [3.8, 4) is 0 Å². The third-order valence-electron chi connectivity index (χ3n) is 10.3. The van der Waals surface area contributed by atoms with Crippen LogP contribution in [0.5, 0.6) is 0 Å². The Morgan fingerprint density at radius 1 is 0.704 bits per heavy atom. The molecule has 0 aromatic heterocycles. The van der Waals surface area contributed by atoms with E-state index in [-0.39, 0.29) is 23.0 Å². The number of carbonyl (C=O) groups is 2. The summed E-state index contributed by atoms with van der Waals surface area (Å²) < 4.78 is 7.38. The van der Waals surface area contributed by atoms with Gasteiger partial charge in [0.2, 0.25) is 0 Å². The molecule has 3 nitrogen and oxygen atoms in total. The maximum absolute atomic E-state index is 13.2. The summed E-state index contributed by atoms with van der Waals surface area (Å²) in [5.74, 6) is 4.42. The van der Waals surface area contributed by atoms with Crippen LogP contribution in [0.3, 0.4) is 0 Å². The Labute approximate surface area is 163 Å². The zero-order valence-corrected chi connectivity index (χ0v) is 16.9. The lowest BCUT2D eigenvalue weighted by atomic mass is 9.46. The highest BCUT2D eigenvalue weighted by molar-refractivity contribution is 5.88. The lowest BCUT2D eigenvalue weighted by Crippen LogP contribution is -2.70. The Bertz CT molecular complexity index is 642. The first-order valence-corrected chi connectivity index (χ1v) is 11.8. The van der Waals surface area contributed by atoms with Crippen molar-refractivity contribution < 1.29 is 14.3 Å². The summed E-state index contributed by atoms with van der Waals surface area (Å²) in [5, 5.41) is 0. The van der Waals surface area contributed by atoms with Crippen LogP contribution in [-0.2, 0) is 14.3 Å². The summed E-state index contributed by atoms with van der Waals surface area (Å²) in [6.07, 6.45) is 10.9. The Balaban J connectivity index is 1.41. The minimum Gasteiger partial charge on any atom is -0.366 e. The molecular weight excluding hydrogens is 336 g/mol. The molecule has 8 aliphatic rings. The van der Waals surface area contributed by atoms with Gasteiger partial charge in [0.1, 0.15) is 11.6 Å². The molecule has 8 saturated carbocycles. The van der Waals surface area contributed by atoms with Gasteiger partial charge in [-0.05, 0) is 87.9 Å². The van der Waals surface area contributed by atoms with Gasteiger partial charge in [0.05, 0.1) is 11.2 Å². The zero-order chi connectivity index (χ0) is 18.6. The van der Waals surface area contributed by atoms with Gasteiger partial charge in [-0.25, -0.2) is 0 Å². The van der Waals surface area contributed by atoms with Crippen LogP contribution in [0.25, 0.3) is 0 Å². The summed E-state index contributed by atoms with van der Waals surface area (Å²) in [5.41, 5.74) is -0.563. The minimum absolute atomic E-state index is 0.106. The van der Waals surface area contributed by atoms with Gasteiger partial charge in [0, 0.05) is 23.7 Å². The number of hydrogen-bond acceptors (Lipinski definition) is 3. The Morgan fingerprint density at radius 3 is 1.56 bits per heavy atom. The van der Waals surface area contributed by atoms with Crippen molar-refractivity contribution >= 4 is 11.6 Å². The lowest BCUT2D eigenvalue weighted by molar-refractivity contribution is -0.294. The molecule has 8 aliphatic carbocycles. The van der Waals surface area contributed by atoms with Gasteiger partial charge in [-0.1, -0.05) is 13.8 Å². The van der Waals surface area contributed by atoms with Crippen molar-refractivity contribution in [2.24, 2.45) is 47.3 Å². The van der Waals surface area contributed by atoms with Gasteiger partial charge >= 0.3 is 0 Å². The van der Waals surface area contributed by atoms with Gasteiger partial charge in [0.25, 0.3) is 0 Å². The molecule has 0 aromatic carbocycles. The summed E-state index contributed by atoms with van der Waals surface area (Å²) >= 11 is 0. The molecule has 148 valence electrons. The van der Waals surface area contributed by atoms with Crippen molar-refractivity contribution in [2.75, 3.05) is 0 Å². The van der Waals surface area contributed by atoms with Gasteiger partial charge in [-0.15, -0.1) is 0 Å². The van der Waals surface area contributed by atoms with E-state index < -0.39 is 0 Å². The van der Waals surface area contributed by atoms with Crippen LogP contribution in [0.15, 0.2) is 0 Å². The van der Waals surface area contributed by atoms with Crippen molar-refractivity contribution in [2.45, 2.75) is 89.3 Å². The summed E-state index contributed by atoms with van der Waals surface area (Å²) in [7, 11) is 0. The van der Waals surface area contributed by atoms with E-state index >= 15 is 0 Å². The number of Topliss-reactive ketones (excluding diaryl/α,β-unsaturated/α-hetero) is 2. The second kappa shape index (κ2) is 5.46. The molecule has 0 spiro atoms. The number of carbonyl (C=O) groups excluding carboxylic acids is 2. The number of ketones is 2. The maximum Gasteiger partial charge on any atom is 0.141 e. The molecule has 0 N–H and O–H groups in total. The Morgan fingerprint density at radius 2 is 1.15 bits per heavy atom. The molecule has 0 radical (unpaired) electrons. The molecule has 8 fully saturated rings. The number of ether oxygens (including phenoxy) is 1. The molecule has 10 unspecified atom stereocenters. The smallest absolute Gasteiger partial charge is 0.141 e. The molecule has 0 heterocycles. The van der Waals surface area contributed by atoms with Gasteiger partial charge in [0.15, 0.2) is 0 Å². The van der Waals surface area contributed by atoms with E-state index in [4.69, 9.17) is 4.74 Å². The third-order valence-corrected chi connectivity index (χ3v) is 10.3. The first-order valence-electron chi connectivity index (χ1n) is 11.8. The first-order chi connectivity index (χ1) is 13.0. The zero-order valence-electron chi connectivity index (χ0n) is 16.9. The highest BCUT2D eigenvalue weighted by Crippen LogP contribution is 2.65. The van der Waals surface area contributed by atoms with Crippen LogP contribution in [0.1, 0.15) is 78.1 Å². The topological polar surface area (TPSA) is 43.4 Å². The van der Waals surface area contributed by atoms with Gasteiger partial charge in [-0.3, -0.25) is 9.59 Å². The van der Waals surface area contributed by atoms with Crippen molar-refractivity contribution in [1.82, 2.24) is 0 Å². The highest BCUT2D eigenvalue weighted by atomic mass is 16.5. The first kappa shape index (κ1) is 17.2. The monoisotopic (exact) mass is 370 g/mol. The average molecular weight is 371 g/mol. The van der Waals surface area contributed by atoms with Crippen molar-refractivity contribution in [3.05, 3.63) is 0 Å². The molecule has 8 bridgehead atoms. The van der Waals surface area contributed by atoms with E-state index in [1.807, 2.05) is 0 Å². The lowest BCUT2D eigenvalue weighted by Gasteiger charge is -2.66. The summed E-state index contributed by atoms with van der Waals surface area (Å²) in [6, 6.07) is 0. The molecule has 10 atom stereocenters. The molecule has 8 rings (SSSR count). The van der Waals surface area contributed by atoms with Crippen LogP contribution in [0, 0.1) is 47.3 Å². The number of rotatable bonds is 4. The predicted molar refractivity (Wildman–Crippen MR) is 102 cm³/mol. The van der Waals surface area contributed by atoms with Crippen LogP contribution in [0.4, 0.5) is 0 Å². The standard InChI is InChI=1S/C24H34O3/c1-3-23(17-7-13-5-15(11-17)21(25)19(23)9-13)27-24(4-2)18-8-14-6-16(12-18)22(26)20(24)10-14/h13-20H,3-12H2,1-2H3. The molecule has 0 saturated heterocycles. The van der Waals surface area contributed by atoms with Gasteiger partial charge < -0.3 is 4.74 Å². The van der Waals surface area contributed by atoms with Crippen molar-refractivity contribution in [1.29, 1.82) is 0 Å². The number of hydrogen-bond donors (Lipinski definition) is 0. The molecule has 27 heavy (non-hydrogen) atoms. The fourth-order valence-electron chi connectivity index (χ4n) is 9.32. The third kappa shape index (κ3) is 1.98. The van der Waals surface area contributed by atoms with Crippen LogP contribution in [0.2, 0.25) is 0 Å². The summed E-state index contributed by atoms with van der Waals surface area (Å²) in [6.45, 7) is 4.49.